The maximum Gasteiger partial charge on any atom is 0.359 e. The van der Waals surface area contributed by atoms with Crippen LogP contribution in [-0.2, 0) is 13.8 Å². The number of alkyl halides is 1. The smallest absolute Gasteiger partial charge is 0.359 e. The standard InChI is InChI=1S/C14H31BFO6P/c1-5-13(4,8-9-21-12(15)11(16)10-17)22-23(19,20)14(18,6-2)7-3/h11-12,17-18H,5-10,15H2,1-4H3,(H,19,20)/t11-,12-,13?/m1/s1. The highest BCUT2D eigenvalue weighted by atomic mass is 31.2. The molecule has 0 aromatic carbocycles. The molecule has 0 aliphatic carbocycles. The zero-order chi connectivity index (χ0) is 18.3. The van der Waals surface area contributed by atoms with E-state index in [2.05, 4.69) is 0 Å². The van der Waals surface area contributed by atoms with Crippen LogP contribution in [0.5, 0.6) is 0 Å². The molecule has 6 nitrogen and oxygen atoms in total. The van der Waals surface area contributed by atoms with Crippen molar-refractivity contribution in [2.24, 2.45) is 0 Å². The van der Waals surface area contributed by atoms with Gasteiger partial charge in [0.15, 0.2) is 5.34 Å². The summed E-state index contributed by atoms with van der Waals surface area (Å²) < 4.78 is 36.4. The summed E-state index contributed by atoms with van der Waals surface area (Å²) in [4.78, 5) is 10.2. The normalized spacial score (nSPS) is 20.5. The lowest BCUT2D eigenvalue weighted by atomic mass is 9.95. The van der Waals surface area contributed by atoms with Crippen LogP contribution in [0, 0.1) is 0 Å². The third-order valence-electron chi connectivity index (χ3n) is 4.45. The average molecular weight is 356 g/mol. The van der Waals surface area contributed by atoms with E-state index in [9.17, 15) is 19.0 Å². The molecule has 2 unspecified atom stereocenters. The van der Waals surface area contributed by atoms with Crippen LogP contribution in [-0.4, -0.2) is 59.3 Å². The fourth-order valence-corrected chi connectivity index (χ4v) is 3.82. The summed E-state index contributed by atoms with van der Waals surface area (Å²) in [6.45, 7) is 6.21. The fraction of sp³-hybridized carbons (Fsp3) is 1.00. The van der Waals surface area contributed by atoms with Gasteiger partial charge in [-0.25, -0.2) is 4.39 Å². The van der Waals surface area contributed by atoms with Crippen LogP contribution in [0.1, 0.15) is 53.4 Å². The quantitative estimate of drug-likeness (QED) is 0.363. The minimum atomic E-state index is -4.26. The SMILES string of the molecule is B[C@H](OCCC(C)(CC)OP(=O)(O)C(O)(CC)CC)[C@H](F)CO. The molecule has 0 saturated carbocycles. The number of rotatable bonds is 12. The number of hydrogen-bond acceptors (Lipinski definition) is 5. The lowest BCUT2D eigenvalue weighted by Crippen LogP contribution is -2.36. The molecule has 138 valence electrons. The number of aliphatic hydroxyl groups excluding tert-OH is 1. The summed E-state index contributed by atoms with van der Waals surface area (Å²) in [6, 6.07) is -0.773. The Morgan fingerprint density at radius 2 is 1.78 bits per heavy atom. The van der Waals surface area contributed by atoms with E-state index in [4.69, 9.17) is 14.4 Å². The molecule has 0 amide bonds. The Hall–Kier alpha value is 0.0249. The molecule has 23 heavy (non-hydrogen) atoms. The predicted molar refractivity (Wildman–Crippen MR) is 90.0 cm³/mol. The molecule has 0 aromatic heterocycles. The molecule has 0 rings (SSSR count). The van der Waals surface area contributed by atoms with E-state index < -0.39 is 37.3 Å². The van der Waals surface area contributed by atoms with Gasteiger partial charge in [0.2, 0.25) is 0 Å². The van der Waals surface area contributed by atoms with Gasteiger partial charge in [-0.1, -0.05) is 20.8 Å². The van der Waals surface area contributed by atoms with E-state index in [1.165, 1.54) is 7.85 Å². The first-order valence-corrected chi connectivity index (χ1v) is 9.71. The summed E-state index contributed by atoms with van der Waals surface area (Å²) in [5.41, 5.74) is -0.979. The monoisotopic (exact) mass is 356 g/mol. The average Bonchev–Trinajstić information content (AvgIpc) is 2.52. The molecule has 0 spiro atoms. The molecule has 0 aromatic rings. The van der Waals surface area contributed by atoms with Crippen LogP contribution < -0.4 is 0 Å². The first kappa shape index (κ1) is 23.0. The summed E-state index contributed by atoms with van der Waals surface area (Å²) in [7, 11) is -2.75. The van der Waals surface area contributed by atoms with Crippen LogP contribution in [0.2, 0.25) is 0 Å². The van der Waals surface area contributed by atoms with Crippen LogP contribution in [0.4, 0.5) is 4.39 Å². The van der Waals surface area contributed by atoms with Gasteiger partial charge in [0.1, 0.15) is 14.0 Å². The van der Waals surface area contributed by atoms with Gasteiger partial charge >= 0.3 is 7.60 Å². The van der Waals surface area contributed by atoms with Gasteiger partial charge in [0.05, 0.1) is 18.2 Å². The molecule has 0 fully saturated rings. The van der Waals surface area contributed by atoms with Gasteiger partial charge < -0.3 is 24.4 Å². The molecule has 4 atom stereocenters. The van der Waals surface area contributed by atoms with E-state index in [1.807, 2.05) is 0 Å². The molecule has 3 N–H and O–H groups in total. The fourth-order valence-electron chi connectivity index (χ4n) is 2.03. The Balaban J connectivity index is 4.82. The number of ether oxygens (including phenoxy) is 1. The molecule has 0 bridgehead atoms. The molecular weight excluding hydrogens is 325 g/mol. The van der Waals surface area contributed by atoms with Crippen molar-refractivity contribution >= 4 is 15.4 Å². The zero-order valence-corrected chi connectivity index (χ0v) is 15.7. The maximum atomic E-state index is 13.2. The maximum absolute atomic E-state index is 13.2. The summed E-state index contributed by atoms with van der Waals surface area (Å²) >= 11 is 0. The first-order chi connectivity index (χ1) is 10.5. The van der Waals surface area contributed by atoms with Crippen molar-refractivity contribution in [3.05, 3.63) is 0 Å². The van der Waals surface area contributed by atoms with Crippen molar-refractivity contribution in [2.75, 3.05) is 13.2 Å². The van der Waals surface area contributed by atoms with Crippen molar-refractivity contribution in [1.29, 1.82) is 0 Å². The van der Waals surface area contributed by atoms with Gasteiger partial charge in [-0.05, 0) is 32.6 Å². The van der Waals surface area contributed by atoms with Crippen molar-refractivity contribution in [3.63, 3.8) is 0 Å². The molecule has 9 heteroatoms. The third-order valence-corrected chi connectivity index (χ3v) is 6.82. The van der Waals surface area contributed by atoms with Crippen molar-refractivity contribution in [3.8, 4) is 0 Å². The number of halogens is 1. The second-order valence-corrected chi connectivity index (χ2v) is 8.19. The van der Waals surface area contributed by atoms with Crippen LogP contribution in [0.15, 0.2) is 0 Å². The van der Waals surface area contributed by atoms with Crippen LogP contribution >= 0.6 is 7.60 Å². The molecular formula is C14H31BFO6P. The molecule has 0 heterocycles. The Bertz CT molecular complexity index is 395. The van der Waals surface area contributed by atoms with Gasteiger partial charge in [0, 0.05) is 6.61 Å². The highest BCUT2D eigenvalue weighted by molar-refractivity contribution is 7.54. The Morgan fingerprint density at radius 3 is 2.17 bits per heavy atom. The Kier molecular flexibility index (Phi) is 9.50. The predicted octanol–water partition coefficient (Wildman–Crippen LogP) is 1.56. The summed E-state index contributed by atoms with van der Waals surface area (Å²) in [5.74, 6) is 0. The van der Waals surface area contributed by atoms with Gasteiger partial charge in [0.25, 0.3) is 0 Å². The second-order valence-electron chi connectivity index (χ2n) is 6.13. The van der Waals surface area contributed by atoms with E-state index in [1.54, 1.807) is 27.7 Å². The van der Waals surface area contributed by atoms with Crippen molar-refractivity contribution in [2.45, 2.75) is 76.5 Å². The Labute approximate surface area is 139 Å². The lowest BCUT2D eigenvalue weighted by Gasteiger charge is -2.37. The van der Waals surface area contributed by atoms with E-state index in [0.29, 0.717) is 6.42 Å². The van der Waals surface area contributed by atoms with E-state index >= 15 is 0 Å². The molecule has 0 aliphatic heterocycles. The minimum absolute atomic E-state index is 0.102. The van der Waals surface area contributed by atoms with Crippen molar-refractivity contribution in [1.82, 2.24) is 0 Å². The lowest BCUT2D eigenvalue weighted by molar-refractivity contribution is -0.0233. The topological polar surface area (TPSA) is 96.2 Å². The third kappa shape index (κ3) is 6.44. The molecule has 0 saturated heterocycles. The van der Waals surface area contributed by atoms with E-state index in [-0.39, 0.29) is 25.9 Å². The van der Waals surface area contributed by atoms with E-state index in [0.717, 1.165) is 0 Å². The van der Waals surface area contributed by atoms with Crippen LogP contribution in [0.3, 0.4) is 0 Å². The van der Waals surface area contributed by atoms with Gasteiger partial charge in [-0.3, -0.25) is 4.57 Å². The summed E-state index contributed by atoms with van der Waals surface area (Å²) in [6.07, 6.45) is -0.578. The van der Waals surface area contributed by atoms with Gasteiger partial charge in [-0.2, -0.15) is 0 Å². The second kappa shape index (κ2) is 9.49. The Morgan fingerprint density at radius 1 is 1.26 bits per heavy atom. The number of aliphatic hydroxyl groups is 2. The highest BCUT2D eigenvalue weighted by Gasteiger charge is 2.48. The molecule has 0 radical (unpaired) electrons. The van der Waals surface area contributed by atoms with Crippen LogP contribution in [0.25, 0.3) is 0 Å². The summed E-state index contributed by atoms with van der Waals surface area (Å²) in [5, 5.41) is 17.2. The van der Waals surface area contributed by atoms with Gasteiger partial charge in [-0.15, -0.1) is 0 Å². The number of hydrogen-bond donors (Lipinski definition) is 3. The zero-order valence-electron chi connectivity index (χ0n) is 14.8. The largest absolute Gasteiger partial charge is 0.393 e. The highest BCUT2D eigenvalue weighted by Crippen LogP contribution is 2.60. The van der Waals surface area contributed by atoms with Crippen molar-refractivity contribution < 1.29 is 33.3 Å². The minimum Gasteiger partial charge on any atom is -0.393 e. The first-order valence-electron chi connectivity index (χ1n) is 8.13. The molecule has 0 aliphatic rings.